The fraction of sp³-hybridized carbons (Fsp3) is 0.778. The van der Waals surface area contributed by atoms with Crippen LogP contribution in [0.5, 0.6) is 0 Å². The van der Waals surface area contributed by atoms with Crippen molar-refractivity contribution < 1.29 is 9.59 Å². The number of rotatable bonds is 1. The fourth-order valence-corrected chi connectivity index (χ4v) is 2.02. The van der Waals surface area contributed by atoms with Crippen LogP contribution < -0.4 is 5.32 Å². The van der Waals surface area contributed by atoms with E-state index < -0.39 is 0 Å². The van der Waals surface area contributed by atoms with Gasteiger partial charge in [-0.15, -0.1) is 0 Å². The first-order chi connectivity index (χ1) is 6.70. The van der Waals surface area contributed by atoms with E-state index in [0.717, 1.165) is 26.2 Å². The molecule has 0 aromatic carbocycles. The molecule has 1 atom stereocenters. The molecule has 2 heterocycles. The monoisotopic (exact) mass is 197 g/mol. The highest BCUT2D eigenvalue weighted by atomic mass is 16.2. The van der Waals surface area contributed by atoms with Crippen molar-refractivity contribution in [2.45, 2.75) is 12.5 Å². The summed E-state index contributed by atoms with van der Waals surface area (Å²) in [5.74, 6) is -0.101. The first-order valence-electron chi connectivity index (χ1n) is 4.95. The Morgan fingerprint density at radius 3 is 2.43 bits per heavy atom. The minimum absolute atomic E-state index is 0.0445. The summed E-state index contributed by atoms with van der Waals surface area (Å²) >= 11 is 0. The number of nitrogens with one attached hydrogen (secondary N) is 1. The molecule has 0 aromatic rings. The summed E-state index contributed by atoms with van der Waals surface area (Å²) in [6, 6.07) is -0.199. The van der Waals surface area contributed by atoms with Gasteiger partial charge < -0.3 is 5.32 Å². The standard InChI is InChI=1S/C9H15N3O2/c1-11-8(13)6-7(9(11)14)12-4-2-10-3-5-12/h7,10H,2-6H2,1H3. The van der Waals surface area contributed by atoms with Crippen molar-refractivity contribution in [3.05, 3.63) is 0 Å². The smallest absolute Gasteiger partial charge is 0.246 e. The van der Waals surface area contributed by atoms with Crippen molar-refractivity contribution in [2.75, 3.05) is 33.2 Å². The molecule has 78 valence electrons. The van der Waals surface area contributed by atoms with Crippen LogP contribution in [0.15, 0.2) is 0 Å². The number of imide groups is 1. The zero-order valence-electron chi connectivity index (χ0n) is 8.32. The Balaban J connectivity index is 2.04. The third-order valence-corrected chi connectivity index (χ3v) is 2.95. The van der Waals surface area contributed by atoms with Crippen LogP contribution in [0.1, 0.15) is 6.42 Å². The normalized spacial score (nSPS) is 30.1. The lowest BCUT2D eigenvalue weighted by atomic mass is 10.2. The second-order valence-electron chi connectivity index (χ2n) is 3.80. The molecule has 2 fully saturated rings. The second kappa shape index (κ2) is 3.67. The first-order valence-corrected chi connectivity index (χ1v) is 4.95. The van der Waals surface area contributed by atoms with Crippen LogP contribution in [0, 0.1) is 0 Å². The maximum absolute atomic E-state index is 11.7. The van der Waals surface area contributed by atoms with Crippen molar-refractivity contribution in [3.8, 4) is 0 Å². The van der Waals surface area contributed by atoms with Crippen LogP contribution in [0.3, 0.4) is 0 Å². The Morgan fingerprint density at radius 1 is 1.29 bits per heavy atom. The van der Waals surface area contributed by atoms with E-state index >= 15 is 0 Å². The van der Waals surface area contributed by atoms with Crippen molar-refractivity contribution in [2.24, 2.45) is 0 Å². The molecule has 0 bridgehead atoms. The number of likely N-dealkylation sites (N-methyl/N-ethyl adjacent to an activating group) is 1. The molecule has 5 heteroatoms. The van der Waals surface area contributed by atoms with E-state index in [4.69, 9.17) is 0 Å². The maximum Gasteiger partial charge on any atom is 0.246 e. The van der Waals surface area contributed by atoms with Crippen LogP contribution in [-0.4, -0.2) is 60.9 Å². The van der Waals surface area contributed by atoms with Crippen LogP contribution in [0.4, 0.5) is 0 Å². The van der Waals surface area contributed by atoms with E-state index in [1.807, 2.05) is 0 Å². The zero-order valence-corrected chi connectivity index (χ0v) is 8.32. The van der Waals surface area contributed by atoms with Crippen molar-refractivity contribution in [3.63, 3.8) is 0 Å². The van der Waals surface area contributed by atoms with Gasteiger partial charge in [-0.05, 0) is 0 Å². The third kappa shape index (κ3) is 1.53. The summed E-state index contributed by atoms with van der Waals surface area (Å²) in [4.78, 5) is 26.3. The lowest BCUT2D eigenvalue weighted by Gasteiger charge is -2.30. The van der Waals surface area contributed by atoms with Gasteiger partial charge in [0, 0.05) is 33.2 Å². The van der Waals surface area contributed by atoms with E-state index in [-0.39, 0.29) is 17.9 Å². The Bertz CT molecular complexity index is 261. The fourth-order valence-electron chi connectivity index (χ4n) is 2.02. The number of carbonyl (C=O) groups excluding carboxylic acids is 2. The summed E-state index contributed by atoms with van der Waals surface area (Å²) < 4.78 is 0. The lowest BCUT2D eigenvalue weighted by molar-refractivity contribution is -0.138. The van der Waals surface area contributed by atoms with Gasteiger partial charge in [-0.3, -0.25) is 19.4 Å². The zero-order chi connectivity index (χ0) is 10.1. The Kier molecular flexibility index (Phi) is 2.52. The molecule has 2 amide bonds. The molecule has 14 heavy (non-hydrogen) atoms. The summed E-state index contributed by atoms with van der Waals surface area (Å²) in [5.41, 5.74) is 0. The SMILES string of the molecule is CN1C(=O)CC(N2CCNCC2)C1=O. The van der Waals surface area contributed by atoms with Gasteiger partial charge in [0.1, 0.15) is 0 Å². The van der Waals surface area contributed by atoms with Crippen molar-refractivity contribution >= 4 is 11.8 Å². The number of carbonyl (C=O) groups is 2. The molecular formula is C9H15N3O2. The highest BCUT2D eigenvalue weighted by Crippen LogP contribution is 2.17. The van der Waals surface area contributed by atoms with Crippen LogP contribution >= 0.6 is 0 Å². The van der Waals surface area contributed by atoms with E-state index in [1.54, 1.807) is 7.05 Å². The predicted octanol–water partition coefficient (Wildman–Crippen LogP) is -1.35. The first kappa shape index (κ1) is 9.61. The summed E-state index contributed by atoms with van der Waals surface area (Å²) in [6.07, 6.45) is 0.356. The number of nitrogens with zero attached hydrogens (tertiary/aromatic N) is 2. The third-order valence-electron chi connectivity index (χ3n) is 2.95. The van der Waals surface area contributed by atoms with Gasteiger partial charge in [0.25, 0.3) is 0 Å². The molecule has 1 N–H and O–H groups in total. The van der Waals surface area contributed by atoms with Crippen molar-refractivity contribution in [1.29, 1.82) is 0 Å². The number of hydrogen-bond donors (Lipinski definition) is 1. The van der Waals surface area contributed by atoms with Gasteiger partial charge in [-0.1, -0.05) is 0 Å². The second-order valence-corrected chi connectivity index (χ2v) is 3.80. The molecule has 5 nitrogen and oxygen atoms in total. The Hall–Kier alpha value is -0.940. The molecule has 0 aromatic heterocycles. The summed E-state index contributed by atoms with van der Waals surface area (Å²) in [6.45, 7) is 3.53. The summed E-state index contributed by atoms with van der Waals surface area (Å²) in [7, 11) is 1.56. The van der Waals surface area contributed by atoms with Crippen LogP contribution in [0.25, 0.3) is 0 Å². The Morgan fingerprint density at radius 2 is 1.93 bits per heavy atom. The maximum atomic E-state index is 11.7. The molecule has 0 radical (unpaired) electrons. The van der Waals surface area contributed by atoms with Crippen LogP contribution in [0.2, 0.25) is 0 Å². The van der Waals surface area contributed by atoms with Gasteiger partial charge in [-0.2, -0.15) is 0 Å². The molecule has 2 saturated heterocycles. The molecule has 2 aliphatic rings. The number of hydrogen-bond acceptors (Lipinski definition) is 4. The number of amides is 2. The quantitative estimate of drug-likeness (QED) is 0.528. The van der Waals surface area contributed by atoms with Crippen molar-refractivity contribution in [1.82, 2.24) is 15.1 Å². The van der Waals surface area contributed by atoms with Gasteiger partial charge in [0.05, 0.1) is 12.5 Å². The largest absolute Gasteiger partial charge is 0.314 e. The lowest BCUT2D eigenvalue weighted by Crippen LogP contribution is -2.50. The average Bonchev–Trinajstić information content (AvgIpc) is 2.47. The van der Waals surface area contributed by atoms with Gasteiger partial charge in [0.15, 0.2) is 0 Å². The molecule has 2 aliphatic heterocycles. The highest BCUT2D eigenvalue weighted by molar-refractivity contribution is 6.05. The number of piperazine rings is 1. The highest BCUT2D eigenvalue weighted by Gasteiger charge is 2.39. The number of likely N-dealkylation sites (tertiary alicyclic amines) is 1. The van der Waals surface area contributed by atoms with E-state index in [0.29, 0.717) is 6.42 Å². The van der Waals surface area contributed by atoms with Crippen LogP contribution in [-0.2, 0) is 9.59 Å². The predicted molar refractivity (Wildman–Crippen MR) is 50.6 cm³/mol. The van der Waals surface area contributed by atoms with E-state index in [9.17, 15) is 9.59 Å². The molecule has 0 saturated carbocycles. The molecule has 0 aliphatic carbocycles. The minimum Gasteiger partial charge on any atom is -0.314 e. The average molecular weight is 197 g/mol. The Labute approximate surface area is 83.0 Å². The van der Waals surface area contributed by atoms with E-state index in [2.05, 4.69) is 10.2 Å². The van der Waals surface area contributed by atoms with E-state index in [1.165, 1.54) is 4.90 Å². The summed E-state index contributed by atoms with van der Waals surface area (Å²) in [5, 5.41) is 3.22. The van der Waals surface area contributed by atoms with Gasteiger partial charge >= 0.3 is 0 Å². The molecule has 0 spiro atoms. The molecular weight excluding hydrogens is 182 g/mol. The minimum atomic E-state index is -0.199. The molecule has 1 unspecified atom stereocenters. The molecule has 2 rings (SSSR count). The topological polar surface area (TPSA) is 52.7 Å². The van der Waals surface area contributed by atoms with Gasteiger partial charge in [0.2, 0.25) is 11.8 Å². The van der Waals surface area contributed by atoms with Gasteiger partial charge in [-0.25, -0.2) is 0 Å².